The van der Waals surface area contributed by atoms with Crippen LogP contribution in [-0.2, 0) is 0 Å². The van der Waals surface area contributed by atoms with Crippen molar-refractivity contribution in [2.45, 2.75) is 6.10 Å². The highest BCUT2D eigenvalue weighted by Crippen LogP contribution is 2.40. The fraction of sp³-hybridized carbons (Fsp3) is 0.455. The maximum Gasteiger partial charge on any atom is 0.269 e. The molecule has 0 spiro atoms. The number of piperazine rings is 1. The normalized spacial score (nSPS) is 15.2. The Balaban J connectivity index is 1.48. The van der Waals surface area contributed by atoms with Gasteiger partial charge in [-0.25, -0.2) is 0 Å². The Bertz CT molecular complexity index is 874. The van der Waals surface area contributed by atoms with E-state index < -0.39 is 11.0 Å². The van der Waals surface area contributed by atoms with Crippen LogP contribution in [-0.4, -0.2) is 81.7 Å². The second-order valence-corrected chi connectivity index (χ2v) is 7.39. The topological polar surface area (TPSA) is 107 Å². The van der Waals surface area contributed by atoms with Gasteiger partial charge in [-0.05, 0) is 12.1 Å². The van der Waals surface area contributed by atoms with Crippen molar-refractivity contribution in [1.82, 2.24) is 4.90 Å². The third-order valence-electron chi connectivity index (χ3n) is 5.35. The molecule has 174 valence electrons. The van der Waals surface area contributed by atoms with Crippen LogP contribution in [0.2, 0.25) is 0 Å². The van der Waals surface area contributed by atoms with E-state index >= 15 is 0 Å². The van der Waals surface area contributed by atoms with Crippen LogP contribution >= 0.6 is 0 Å². The van der Waals surface area contributed by atoms with E-state index in [1.54, 1.807) is 24.3 Å². The lowest BCUT2D eigenvalue weighted by Crippen LogP contribution is -2.49. The van der Waals surface area contributed by atoms with Crippen molar-refractivity contribution in [1.29, 1.82) is 0 Å². The molecule has 1 heterocycles. The average molecular weight is 447 g/mol. The smallest absolute Gasteiger partial charge is 0.269 e. The first-order valence-electron chi connectivity index (χ1n) is 10.3. The van der Waals surface area contributed by atoms with Gasteiger partial charge in [0.1, 0.15) is 18.5 Å². The molecule has 0 aliphatic carbocycles. The molecule has 1 atom stereocenters. The number of nitro benzene ring substituents is 1. The monoisotopic (exact) mass is 447 g/mol. The molecule has 0 bridgehead atoms. The van der Waals surface area contributed by atoms with E-state index in [0.29, 0.717) is 29.5 Å². The first kappa shape index (κ1) is 23.4. The van der Waals surface area contributed by atoms with E-state index in [1.165, 1.54) is 33.5 Å². The number of anilines is 1. The zero-order chi connectivity index (χ0) is 23.1. The van der Waals surface area contributed by atoms with Gasteiger partial charge in [0, 0.05) is 62.7 Å². The minimum atomic E-state index is -0.667. The number of nitrogens with zero attached hydrogens (tertiary/aromatic N) is 3. The summed E-state index contributed by atoms with van der Waals surface area (Å²) in [7, 11) is 4.60. The first-order valence-corrected chi connectivity index (χ1v) is 10.3. The predicted molar refractivity (Wildman–Crippen MR) is 119 cm³/mol. The Morgan fingerprint density at radius 2 is 1.59 bits per heavy atom. The summed E-state index contributed by atoms with van der Waals surface area (Å²) in [5.41, 5.74) is 1.05. The number of rotatable bonds is 10. The van der Waals surface area contributed by atoms with Gasteiger partial charge in [-0.15, -0.1) is 0 Å². The van der Waals surface area contributed by atoms with Crippen molar-refractivity contribution in [2.24, 2.45) is 0 Å². The van der Waals surface area contributed by atoms with Gasteiger partial charge in [0.15, 0.2) is 11.5 Å². The summed E-state index contributed by atoms with van der Waals surface area (Å²) in [4.78, 5) is 14.8. The van der Waals surface area contributed by atoms with Crippen LogP contribution in [0.5, 0.6) is 23.0 Å². The molecule has 1 N–H and O–H groups in total. The molecule has 1 unspecified atom stereocenters. The highest BCUT2D eigenvalue weighted by Gasteiger charge is 2.21. The van der Waals surface area contributed by atoms with Gasteiger partial charge in [0.2, 0.25) is 5.75 Å². The molecule has 1 saturated heterocycles. The molecule has 0 amide bonds. The molecular formula is C22H29N3O7. The summed E-state index contributed by atoms with van der Waals surface area (Å²) in [6.07, 6.45) is -0.667. The summed E-state index contributed by atoms with van der Waals surface area (Å²) < 4.78 is 21.7. The Kier molecular flexibility index (Phi) is 7.96. The number of non-ortho nitro benzene ring substituents is 1. The fourth-order valence-electron chi connectivity index (χ4n) is 3.66. The third-order valence-corrected chi connectivity index (χ3v) is 5.35. The molecule has 3 rings (SSSR count). The number of methoxy groups -OCH3 is 3. The van der Waals surface area contributed by atoms with E-state index in [9.17, 15) is 15.2 Å². The Morgan fingerprint density at radius 1 is 1.00 bits per heavy atom. The summed E-state index contributed by atoms with van der Waals surface area (Å²) in [5.74, 6) is 1.97. The largest absolute Gasteiger partial charge is 0.493 e. The van der Waals surface area contributed by atoms with Crippen molar-refractivity contribution in [3.05, 3.63) is 46.5 Å². The molecule has 10 heteroatoms. The van der Waals surface area contributed by atoms with Crippen LogP contribution in [0.4, 0.5) is 11.4 Å². The van der Waals surface area contributed by atoms with Crippen molar-refractivity contribution in [3.63, 3.8) is 0 Å². The second kappa shape index (κ2) is 10.9. The molecule has 1 aliphatic heterocycles. The fourth-order valence-corrected chi connectivity index (χ4v) is 3.66. The van der Waals surface area contributed by atoms with Gasteiger partial charge < -0.3 is 29.0 Å². The number of ether oxygens (including phenoxy) is 4. The van der Waals surface area contributed by atoms with E-state index in [2.05, 4.69) is 9.80 Å². The Morgan fingerprint density at radius 3 is 2.09 bits per heavy atom. The summed E-state index contributed by atoms with van der Waals surface area (Å²) >= 11 is 0. The highest BCUT2D eigenvalue weighted by molar-refractivity contribution is 5.56. The first-order chi connectivity index (χ1) is 15.4. The number of nitro groups is 1. The van der Waals surface area contributed by atoms with Crippen LogP contribution in [0.3, 0.4) is 0 Å². The third kappa shape index (κ3) is 5.71. The number of benzene rings is 2. The lowest BCUT2D eigenvalue weighted by atomic mass is 10.2. The van der Waals surface area contributed by atoms with Crippen LogP contribution in [0.25, 0.3) is 0 Å². The maximum atomic E-state index is 10.8. The standard InChI is InChI=1S/C22H29N3O7/c1-29-20-12-19(13-21(30-2)22(20)31-3)32-15-18(26)14-23-8-10-24(11-9-23)16-4-6-17(7-5-16)25(27)28/h4-7,12-13,18,26H,8-11,14-15H2,1-3H3. The molecule has 2 aromatic carbocycles. The number of β-amino-alcohol motifs (C(OH)–C–C–N with tert-alkyl or cyclic N) is 1. The predicted octanol–water partition coefficient (Wildman–Crippen LogP) is 2.18. The molecular weight excluding hydrogens is 418 g/mol. The number of hydrogen-bond donors (Lipinski definition) is 1. The van der Waals surface area contributed by atoms with E-state index in [4.69, 9.17) is 18.9 Å². The van der Waals surface area contributed by atoms with Crippen molar-refractivity contribution in [3.8, 4) is 23.0 Å². The minimum Gasteiger partial charge on any atom is -0.493 e. The Hall–Kier alpha value is -3.24. The molecule has 0 saturated carbocycles. The van der Waals surface area contributed by atoms with Gasteiger partial charge in [0.25, 0.3) is 5.69 Å². The number of aliphatic hydroxyl groups excluding tert-OH is 1. The van der Waals surface area contributed by atoms with Crippen LogP contribution in [0.15, 0.2) is 36.4 Å². The van der Waals surface area contributed by atoms with E-state index in [-0.39, 0.29) is 12.3 Å². The van der Waals surface area contributed by atoms with Gasteiger partial charge in [-0.3, -0.25) is 15.0 Å². The van der Waals surface area contributed by atoms with Gasteiger partial charge in [0.05, 0.1) is 26.3 Å². The van der Waals surface area contributed by atoms with Crippen molar-refractivity contribution >= 4 is 11.4 Å². The van der Waals surface area contributed by atoms with Crippen LogP contribution in [0, 0.1) is 10.1 Å². The molecule has 1 aliphatic rings. The van der Waals surface area contributed by atoms with Crippen molar-refractivity contribution < 1.29 is 29.0 Å². The molecule has 0 aromatic heterocycles. The quantitative estimate of drug-likeness (QED) is 0.433. The summed E-state index contributed by atoms with van der Waals surface area (Å²) in [6.45, 7) is 3.71. The molecule has 0 radical (unpaired) electrons. The minimum absolute atomic E-state index is 0.0857. The maximum absolute atomic E-state index is 10.8. The van der Waals surface area contributed by atoms with Crippen LogP contribution < -0.4 is 23.8 Å². The number of hydrogen-bond acceptors (Lipinski definition) is 9. The molecule has 2 aromatic rings. The zero-order valence-corrected chi connectivity index (χ0v) is 18.5. The summed E-state index contributed by atoms with van der Waals surface area (Å²) in [5, 5.41) is 21.3. The highest BCUT2D eigenvalue weighted by atomic mass is 16.6. The average Bonchev–Trinajstić information content (AvgIpc) is 2.82. The Labute approximate surface area is 187 Å². The van der Waals surface area contributed by atoms with Gasteiger partial charge >= 0.3 is 0 Å². The second-order valence-electron chi connectivity index (χ2n) is 7.39. The van der Waals surface area contributed by atoms with E-state index in [0.717, 1.165) is 31.9 Å². The molecule has 32 heavy (non-hydrogen) atoms. The number of aliphatic hydroxyl groups is 1. The van der Waals surface area contributed by atoms with Gasteiger partial charge in [-0.1, -0.05) is 0 Å². The lowest BCUT2D eigenvalue weighted by molar-refractivity contribution is -0.384. The summed E-state index contributed by atoms with van der Waals surface area (Å²) in [6, 6.07) is 9.97. The molecule has 1 fully saturated rings. The van der Waals surface area contributed by atoms with Gasteiger partial charge in [-0.2, -0.15) is 0 Å². The SMILES string of the molecule is COc1cc(OCC(O)CN2CCN(c3ccc([N+](=O)[O-])cc3)CC2)cc(OC)c1OC. The van der Waals surface area contributed by atoms with E-state index in [1.807, 2.05) is 0 Å². The molecule has 10 nitrogen and oxygen atoms in total. The zero-order valence-electron chi connectivity index (χ0n) is 18.5. The van der Waals surface area contributed by atoms with Crippen molar-refractivity contribution in [2.75, 3.05) is 65.6 Å². The lowest BCUT2D eigenvalue weighted by Gasteiger charge is -2.36. The van der Waals surface area contributed by atoms with Crippen LogP contribution in [0.1, 0.15) is 0 Å².